The molecule has 0 unspecified atom stereocenters. The molecule has 1 N–H and O–H groups in total. The van der Waals surface area contributed by atoms with Gasteiger partial charge >= 0.3 is 0 Å². The van der Waals surface area contributed by atoms with Gasteiger partial charge in [0.05, 0.1) is 0 Å². The maximum absolute atomic E-state index is 12.0. The van der Waals surface area contributed by atoms with Crippen LogP contribution in [0.1, 0.15) is 12.5 Å². The SMILES string of the molecule is CCN1C(=O)C(=Cc2ccc(Cl)cc2Cl)NC1=S. The molecular weight excluding hydrogens is 291 g/mol. The minimum Gasteiger partial charge on any atom is -0.328 e. The van der Waals surface area contributed by atoms with Gasteiger partial charge in [-0.15, -0.1) is 0 Å². The molecule has 0 bridgehead atoms. The lowest BCUT2D eigenvalue weighted by Gasteiger charge is -2.08. The average molecular weight is 301 g/mol. The zero-order valence-corrected chi connectivity index (χ0v) is 11.9. The van der Waals surface area contributed by atoms with E-state index in [1.165, 1.54) is 4.90 Å². The van der Waals surface area contributed by atoms with Crippen molar-refractivity contribution >= 4 is 52.5 Å². The van der Waals surface area contributed by atoms with E-state index in [2.05, 4.69) is 5.32 Å². The maximum atomic E-state index is 12.0. The molecule has 2 rings (SSSR count). The van der Waals surface area contributed by atoms with Gasteiger partial charge in [-0.05, 0) is 42.9 Å². The fourth-order valence-corrected chi connectivity index (χ4v) is 2.42. The fraction of sp³-hybridized carbons (Fsp3) is 0.167. The van der Waals surface area contributed by atoms with E-state index in [9.17, 15) is 4.79 Å². The summed E-state index contributed by atoms with van der Waals surface area (Å²) in [6.45, 7) is 2.40. The van der Waals surface area contributed by atoms with Gasteiger partial charge in [-0.2, -0.15) is 0 Å². The molecule has 18 heavy (non-hydrogen) atoms. The number of nitrogens with one attached hydrogen (secondary N) is 1. The quantitative estimate of drug-likeness (QED) is 0.673. The summed E-state index contributed by atoms with van der Waals surface area (Å²) < 4.78 is 0. The van der Waals surface area contributed by atoms with Crippen molar-refractivity contribution in [2.75, 3.05) is 6.54 Å². The Morgan fingerprint density at radius 2 is 2.17 bits per heavy atom. The third-order valence-electron chi connectivity index (χ3n) is 2.54. The predicted octanol–water partition coefficient (Wildman–Crippen LogP) is 3.07. The van der Waals surface area contributed by atoms with E-state index in [4.69, 9.17) is 35.4 Å². The van der Waals surface area contributed by atoms with Crippen LogP contribution in [-0.2, 0) is 4.79 Å². The summed E-state index contributed by atoms with van der Waals surface area (Å²) in [5.41, 5.74) is 1.14. The second-order valence-electron chi connectivity index (χ2n) is 3.70. The molecule has 0 atom stereocenters. The van der Waals surface area contributed by atoms with E-state index >= 15 is 0 Å². The Hall–Kier alpha value is -1.10. The molecule has 0 aliphatic carbocycles. The van der Waals surface area contributed by atoms with Crippen LogP contribution in [0.3, 0.4) is 0 Å². The topological polar surface area (TPSA) is 32.3 Å². The molecular formula is C12H10Cl2N2OS. The molecule has 0 radical (unpaired) electrons. The Labute approximate surface area is 120 Å². The van der Waals surface area contributed by atoms with Gasteiger partial charge in [-0.3, -0.25) is 9.69 Å². The summed E-state index contributed by atoms with van der Waals surface area (Å²) in [6.07, 6.45) is 1.67. The molecule has 1 fully saturated rings. The Morgan fingerprint density at radius 3 is 2.72 bits per heavy atom. The first-order valence-corrected chi connectivity index (χ1v) is 6.49. The third kappa shape index (κ3) is 2.51. The van der Waals surface area contributed by atoms with Crippen molar-refractivity contribution in [3.8, 4) is 0 Å². The smallest absolute Gasteiger partial charge is 0.276 e. The number of benzene rings is 1. The number of amides is 1. The van der Waals surface area contributed by atoms with Crippen molar-refractivity contribution in [1.29, 1.82) is 0 Å². The minimum atomic E-state index is -0.145. The van der Waals surface area contributed by atoms with Crippen LogP contribution in [-0.4, -0.2) is 22.5 Å². The summed E-state index contributed by atoms with van der Waals surface area (Å²) in [6, 6.07) is 5.10. The van der Waals surface area contributed by atoms with E-state index in [1.54, 1.807) is 24.3 Å². The lowest BCUT2D eigenvalue weighted by atomic mass is 10.2. The van der Waals surface area contributed by atoms with Crippen LogP contribution >= 0.6 is 35.4 Å². The fourth-order valence-electron chi connectivity index (χ4n) is 1.63. The maximum Gasteiger partial charge on any atom is 0.276 e. The standard InChI is InChI=1S/C12H10Cl2N2OS/c1-2-16-11(17)10(15-12(16)18)5-7-3-4-8(13)6-9(7)14/h3-6H,2H2,1H3,(H,15,18). The summed E-state index contributed by atoms with van der Waals surface area (Å²) in [4.78, 5) is 13.5. The summed E-state index contributed by atoms with van der Waals surface area (Å²) in [7, 11) is 0. The molecule has 1 aliphatic rings. The highest BCUT2D eigenvalue weighted by molar-refractivity contribution is 7.80. The van der Waals surface area contributed by atoms with E-state index in [1.807, 2.05) is 6.92 Å². The Kier molecular flexibility index (Phi) is 3.90. The number of carbonyl (C=O) groups excluding carboxylic acids is 1. The van der Waals surface area contributed by atoms with Crippen molar-refractivity contribution in [1.82, 2.24) is 10.2 Å². The molecule has 94 valence electrons. The molecule has 1 heterocycles. The van der Waals surface area contributed by atoms with Crippen LogP contribution in [0.15, 0.2) is 23.9 Å². The summed E-state index contributed by atoms with van der Waals surface area (Å²) in [5.74, 6) is -0.145. The highest BCUT2D eigenvalue weighted by Crippen LogP contribution is 2.24. The highest BCUT2D eigenvalue weighted by atomic mass is 35.5. The second kappa shape index (κ2) is 5.26. The van der Waals surface area contributed by atoms with Crippen molar-refractivity contribution in [2.24, 2.45) is 0 Å². The summed E-state index contributed by atoms with van der Waals surface area (Å²) >= 11 is 16.9. The van der Waals surface area contributed by atoms with Gasteiger partial charge in [0.15, 0.2) is 5.11 Å². The zero-order valence-electron chi connectivity index (χ0n) is 9.54. The van der Waals surface area contributed by atoms with Gasteiger partial charge in [0.2, 0.25) is 0 Å². The molecule has 1 saturated heterocycles. The molecule has 3 nitrogen and oxygen atoms in total. The van der Waals surface area contributed by atoms with E-state index in [0.717, 1.165) is 5.56 Å². The lowest BCUT2D eigenvalue weighted by Crippen LogP contribution is -2.30. The summed E-state index contributed by atoms with van der Waals surface area (Å²) in [5, 5.41) is 4.33. The highest BCUT2D eigenvalue weighted by Gasteiger charge is 2.29. The zero-order chi connectivity index (χ0) is 13.3. The van der Waals surface area contributed by atoms with Crippen LogP contribution in [0.5, 0.6) is 0 Å². The number of hydrogen-bond acceptors (Lipinski definition) is 2. The molecule has 0 spiro atoms. The van der Waals surface area contributed by atoms with Crippen LogP contribution in [0, 0.1) is 0 Å². The molecule has 1 aromatic rings. The van der Waals surface area contributed by atoms with Gasteiger partial charge in [0, 0.05) is 16.6 Å². The van der Waals surface area contributed by atoms with Crippen LogP contribution in [0.4, 0.5) is 0 Å². The first-order valence-electron chi connectivity index (χ1n) is 5.32. The predicted molar refractivity (Wildman–Crippen MR) is 77.6 cm³/mol. The lowest BCUT2D eigenvalue weighted by molar-refractivity contribution is -0.122. The van der Waals surface area contributed by atoms with E-state index in [-0.39, 0.29) is 5.91 Å². The third-order valence-corrected chi connectivity index (χ3v) is 3.43. The number of carbonyl (C=O) groups is 1. The Morgan fingerprint density at radius 1 is 1.44 bits per heavy atom. The van der Waals surface area contributed by atoms with Crippen LogP contribution in [0.25, 0.3) is 6.08 Å². The van der Waals surface area contributed by atoms with E-state index < -0.39 is 0 Å². The molecule has 1 aliphatic heterocycles. The van der Waals surface area contributed by atoms with Crippen LogP contribution < -0.4 is 5.32 Å². The monoisotopic (exact) mass is 300 g/mol. The largest absolute Gasteiger partial charge is 0.328 e. The molecule has 6 heteroatoms. The number of halogens is 2. The molecule has 0 saturated carbocycles. The van der Waals surface area contributed by atoms with Crippen molar-refractivity contribution in [3.63, 3.8) is 0 Å². The van der Waals surface area contributed by atoms with Gasteiger partial charge in [-0.1, -0.05) is 29.3 Å². The number of nitrogens with zero attached hydrogens (tertiary/aromatic N) is 1. The normalized spacial score (nSPS) is 17.5. The molecule has 0 aromatic heterocycles. The van der Waals surface area contributed by atoms with Crippen molar-refractivity contribution in [2.45, 2.75) is 6.92 Å². The molecule has 1 amide bonds. The number of thiocarbonyl (C=S) groups is 1. The van der Waals surface area contributed by atoms with Gasteiger partial charge in [0.25, 0.3) is 5.91 Å². The number of hydrogen-bond donors (Lipinski definition) is 1. The second-order valence-corrected chi connectivity index (χ2v) is 4.93. The minimum absolute atomic E-state index is 0.145. The first kappa shape index (κ1) is 13.3. The number of likely N-dealkylation sites (N-methyl/N-ethyl adjacent to an activating group) is 1. The van der Waals surface area contributed by atoms with E-state index in [0.29, 0.717) is 27.4 Å². The average Bonchev–Trinajstić information content (AvgIpc) is 2.58. The number of rotatable bonds is 2. The first-order chi connectivity index (χ1) is 8.52. The van der Waals surface area contributed by atoms with Gasteiger partial charge < -0.3 is 5.32 Å². The van der Waals surface area contributed by atoms with Crippen molar-refractivity contribution in [3.05, 3.63) is 39.5 Å². The molecule has 1 aromatic carbocycles. The van der Waals surface area contributed by atoms with Gasteiger partial charge in [-0.25, -0.2) is 0 Å². The Bertz CT molecular complexity index is 557. The van der Waals surface area contributed by atoms with Crippen LogP contribution in [0.2, 0.25) is 10.0 Å². The van der Waals surface area contributed by atoms with Gasteiger partial charge in [0.1, 0.15) is 5.70 Å². The Balaban J connectivity index is 2.35. The van der Waals surface area contributed by atoms with Crippen molar-refractivity contribution < 1.29 is 4.79 Å².